The Morgan fingerprint density at radius 2 is 2.05 bits per heavy atom. The van der Waals surface area contributed by atoms with Crippen LogP contribution in [0.15, 0.2) is 33.5 Å². The Balaban J connectivity index is 2.50. The molecule has 0 bridgehead atoms. The number of carbonyl (C=O) groups excluding carboxylic acids is 1. The monoisotopic (exact) mass is 374 g/mol. The minimum Gasteiger partial charge on any atom is -0.477 e. The molecule has 0 amide bonds. The largest absolute Gasteiger partial charge is 0.477 e. The number of carboxylic acid groups (broad SMARTS) is 1. The van der Waals surface area contributed by atoms with Crippen molar-refractivity contribution in [3.8, 4) is 5.75 Å². The zero-order chi connectivity index (χ0) is 14.0. The van der Waals surface area contributed by atoms with Crippen molar-refractivity contribution in [2.75, 3.05) is 4.43 Å². The Kier molecular flexibility index (Phi) is 3.84. The number of halogens is 1. The van der Waals surface area contributed by atoms with Crippen molar-refractivity contribution in [2.24, 2.45) is 0 Å². The number of hydrogen-bond donors (Lipinski definition) is 1. The molecule has 0 fully saturated rings. The second kappa shape index (κ2) is 5.39. The summed E-state index contributed by atoms with van der Waals surface area (Å²) in [7, 11) is 0. The van der Waals surface area contributed by atoms with E-state index in [-0.39, 0.29) is 15.8 Å². The highest BCUT2D eigenvalue weighted by Crippen LogP contribution is 2.20. The van der Waals surface area contributed by atoms with E-state index in [1.807, 2.05) is 22.6 Å². The highest BCUT2D eigenvalue weighted by molar-refractivity contribution is 14.1. The molecule has 0 aliphatic carbocycles. The SMILES string of the molecule is O=C(CI)Oc1ccc2cc(C(=O)O)c(=O)oc2c1. The van der Waals surface area contributed by atoms with Gasteiger partial charge in [-0.25, -0.2) is 9.59 Å². The molecule has 6 nitrogen and oxygen atoms in total. The van der Waals surface area contributed by atoms with Crippen LogP contribution in [-0.4, -0.2) is 21.5 Å². The Hall–Kier alpha value is -1.90. The first-order valence-corrected chi connectivity index (χ1v) is 6.61. The van der Waals surface area contributed by atoms with Crippen LogP contribution < -0.4 is 10.4 Å². The van der Waals surface area contributed by atoms with E-state index in [4.69, 9.17) is 14.3 Å². The number of hydrogen-bond acceptors (Lipinski definition) is 5. The van der Waals surface area contributed by atoms with Crippen LogP contribution in [0.5, 0.6) is 5.75 Å². The Morgan fingerprint density at radius 1 is 1.32 bits per heavy atom. The first-order chi connectivity index (χ1) is 9.01. The molecule has 1 aromatic heterocycles. The van der Waals surface area contributed by atoms with E-state index >= 15 is 0 Å². The van der Waals surface area contributed by atoms with Crippen molar-refractivity contribution >= 4 is 45.5 Å². The molecule has 0 saturated heterocycles. The minimum atomic E-state index is -1.35. The van der Waals surface area contributed by atoms with Gasteiger partial charge in [0.15, 0.2) is 0 Å². The number of ether oxygens (including phenoxy) is 1. The fourth-order valence-corrected chi connectivity index (χ4v) is 1.62. The van der Waals surface area contributed by atoms with Crippen LogP contribution in [0.4, 0.5) is 0 Å². The molecule has 1 heterocycles. The number of esters is 1. The lowest BCUT2D eigenvalue weighted by atomic mass is 10.2. The predicted octanol–water partition coefficient (Wildman–Crippen LogP) is 1.83. The van der Waals surface area contributed by atoms with Crippen LogP contribution in [-0.2, 0) is 4.79 Å². The molecule has 0 unspecified atom stereocenters. The van der Waals surface area contributed by atoms with Crippen molar-refractivity contribution in [3.63, 3.8) is 0 Å². The van der Waals surface area contributed by atoms with E-state index in [9.17, 15) is 14.4 Å². The van der Waals surface area contributed by atoms with Crippen LogP contribution in [0.1, 0.15) is 10.4 Å². The number of carboxylic acids is 1. The number of aromatic carboxylic acids is 1. The molecule has 1 aromatic carbocycles. The Labute approximate surface area is 120 Å². The van der Waals surface area contributed by atoms with Gasteiger partial charge in [-0.2, -0.15) is 0 Å². The zero-order valence-corrected chi connectivity index (χ0v) is 11.5. The Bertz CT molecular complexity index is 718. The van der Waals surface area contributed by atoms with Crippen molar-refractivity contribution < 1.29 is 23.8 Å². The quantitative estimate of drug-likeness (QED) is 0.290. The molecule has 0 atom stereocenters. The van der Waals surface area contributed by atoms with Crippen molar-refractivity contribution in [1.82, 2.24) is 0 Å². The van der Waals surface area contributed by atoms with E-state index in [1.165, 1.54) is 24.3 Å². The first kappa shape index (κ1) is 13.5. The van der Waals surface area contributed by atoms with Gasteiger partial charge in [-0.15, -0.1) is 0 Å². The number of rotatable bonds is 3. The molecular formula is C12H7IO6. The maximum atomic E-state index is 11.4. The summed E-state index contributed by atoms with van der Waals surface area (Å²) in [6.45, 7) is 0. The summed E-state index contributed by atoms with van der Waals surface area (Å²) in [4.78, 5) is 33.3. The molecule has 0 radical (unpaired) electrons. The summed E-state index contributed by atoms with van der Waals surface area (Å²) >= 11 is 1.86. The van der Waals surface area contributed by atoms with Gasteiger partial charge >= 0.3 is 17.6 Å². The second-order valence-electron chi connectivity index (χ2n) is 3.56. The highest BCUT2D eigenvalue weighted by Gasteiger charge is 2.13. The summed E-state index contributed by atoms with van der Waals surface area (Å²) in [5.41, 5.74) is -1.23. The maximum Gasteiger partial charge on any atom is 0.351 e. The maximum absolute atomic E-state index is 11.4. The summed E-state index contributed by atoms with van der Waals surface area (Å²) < 4.78 is 10.0. The number of fused-ring (bicyclic) bond motifs is 1. The molecule has 19 heavy (non-hydrogen) atoms. The lowest BCUT2D eigenvalue weighted by molar-refractivity contribution is -0.131. The average Bonchev–Trinajstić information content (AvgIpc) is 2.37. The number of carbonyl (C=O) groups is 2. The van der Waals surface area contributed by atoms with E-state index < -0.39 is 23.1 Å². The third kappa shape index (κ3) is 2.92. The molecule has 7 heteroatoms. The summed E-state index contributed by atoms with van der Waals surface area (Å²) in [6, 6.07) is 5.60. The highest BCUT2D eigenvalue weighted by atomic mass is 127. The topological polar surface area (TPSA) is 93.8 Å². The molecule has 0 aliphatic rings. The molecule has 2 rings (SSSR count). The van der Waals surface area contributed by atoms with E-state index in [0.717, 1.165) is 0 Å². The molecule has 0 spiro atoms. The van der Waals surface area contributed by atoms with Gasteiger partial charge < -0.3 is 14.3 Å². The van der Waals surface area contributed by atoms with Gasteiger partial charge in [0.05, 0.1) is 4.43 Å². The fraction of sp³-hybridized carbons (Fsp3) is 0.0833. The molecule has 1 N–H and O–H groups in total. The fourth-order valence-electron chi connectivity index (χ4n) is 1.46. The average molecular weight is 374 g/mol. The zero-order valence-electron chi connectivity index (χ0n) is 9.38. The van der Waals surface area contributed by atoms with Crippen LogP contribution in [0.3, 0.4) is 0 Å². The predicted molar refractivity (Wildman–Crippen MR) is 74.0 cm³/mol. The minimum absolute atomic E-state index is 0.161. The van der Waals surface area contributed by atoms with Crippen LogP contribution in [0.25, 0.3) is 11.0 Å². The lowest BCUT2D eigenvalue weighted by Gasteiger charge is -2.03. The normalized spacial score (nSPS) is 10.4. The molecular weight excluding hydrogens is 367 g/mol. The number of alkyl halides is 1. The standard InChI is InChI=1S/C12H7IO6/c13-5-10(14)18-7-2-1-6-3-8(11(15)16)12(17)19-9(6)4-7/h1-4H,5H2,(H,15,16). The van der Waals surface area contributed by atoms with Crippen LogP contribution in [0, 0.1) is 0 Å². The summed E-state index contributed by atoms with van der Waals surface area (Å²) in [5, 5.41) is 9.24. The van der Waals surface area contributed by atoms with Crippen molar-refractivity contribution in [2.45, 2.75) is 0 Å². The smallest absolute Gasteiger partial charge is 0.351 e. The van der Waals surface area contributed by atoms with E-state index in [0.29, 0.717) is 5.39 Å². The lowest BCUT2D eigenvalue weighted by Crippen LogP contribution is -2.13. The third-order valence-electron chi connectivity index (χ3n) is 2.28. The van der Waals surface area contributed by atoms with Gasteiger partial charge in [-0.05, 0) is 18.2 Å². The van der Waals surface area contributed by atoms with Crippen molar-refractivity contribution in [1.29, 1.82) is 0 Å². The first-order valence-electron chi connectivity index (χ1n) is 5.09. The van der Waals surface area contributed by atoms with Gasteiger partial charge in [0.2, 0.25) is 0 Å². The summed E-state index contributed by atoms with van der Waals surface area (Å²) in [5.74, 6) is -1.54. The van der Waals surface area contributed by atoms with Gasteiger partial charge in [0.25, 0.3) is 0 Å². The van der Waals surface area contributed by atoms with E-state index in [2.05, 4.69) is 0 Å². The van der Waals surface area contributed by atoms with Gasteiger partial charge in [0, 0.05) is 11.5 Å². The van der Waals surface area contributed by atoms with Gasteiger partial charge in [-0.1, -0.05) is 22.6 Å². The number of benzene rings is 1. The summed E-state index contributed by atoms with van der Waals surface area (Å²) in [6.07, 6.45) is 0. The van der Waals surface area contributed by atoms with Gasteiger partial charge in [-0.3, -0.25) is 4.79 Å². The molecule has 0 aliphatic heterocycles. The van der Waals surface area contributed by atoms with Crippen LogP contribution in [0.2, 0.25) is 0 Å². The molecule has 98 valence electrons. The van der Waals surface area contributed by atoms with Gasteiger partial charge in [0.1, 0.15) is 16.9 Å². The molecule has 0 saturated carbocycles. The van der Waals surface area contributed by atoms with E-state index in [1.54, 1.807) is 0 Å². The third-order valence-corrected chi connectivity index (χ3v) is 2.90. The van der Waals surface area contributed by atoms with Crippen molar-refractivity contribution in [3.05, 3.63) is 40.2 Å². The Morgan fingerprint density at radius 3 is 2.68 bits per heavy atom. The van der Waals surface area contributed by atoms with Crippen LogP contribution >= 0.6 is 22.6 Å². The second-order valence-corrected chi connectivity index (χ2v) is 4.32. The molecule has 2 aromatic rings.